The topological polar surface area (TPSA) is 44.8 Å². The lowest BCUT2D eigenvalue weighted by Gasteiger charge is -2.28. The minimum absolute atomic E-state index is 0. The minimum Gasteiger partial charge on any atom is -0.355 e. The van der Waals surface area contributed by atoms with E-state index < -0.39 is 0 Å². The van der Waals surface area contributed by atoms with Crippen molar-refractivity contribution in [3.8, 4) is 11.3 Å². The van der Waals surface area contributed by atoms with Crippen LogP contribution < -0.4 is 4.90 Å². The van der Waals surface area contributed by atoms with Crippen LogP contribution in [-0.2, 0) is 0 Å². The van der Waals surface area contributed by atoms with Crippen LogP contribution >= 0.6 is 12.4 Å². The molecule has 1 fully saturated rings. The molecule has 5 heteroatoms. The Kier molecular flexibility index (Phi) is 5.33. The number of piperidine rings is 1. The molecule has 0 amide bonds. The third-order valence-corrected chi connectivity index (χ3v) is 4.91. The number of fused-ring (bicyclic) bond motifs is 1. The van der Waals surface area contributed by atoms with Crippen LogP contribution in [0.25, 0.3) is 27.9 Å². The zero-order chi connectivity index (χ0) is 17.4. The molecule has 1 aromatic carbocycles. The molecule has 0 bridgehead atoms. The number of hydrogen-bond donors (Lipinski definition) is 1. The highest BCUT2D eigenvalue weighted by atomic mass is 35.5. The fourth-order valence-electron chi connectivity index (χ4n) is 3.54. The molecule has 1 saturated heterocycles. The van der Waals surface area contributed by atoms with Crippen molar-refractivity contribution in [1.29, 1.82) is 0 Å². The number of aryl methyl sites for hydroxylation is 1. The molecule has 26 heavy (non-hydrogen) atoms. The Morgan fingerprint density at radius 3 is 2.42 bits per heavy atom. The number of allylic oxidation sites excluding steroid dienone is 1. The first-order valence-electron chi connectivity index (χ1n) is 9.00. The van der Waals surface area contributed by atoms with Crippen molar-refractivity contribution < 1.29 is 0 Å². The van der Waals surface area contributed by atoms with Crippen molar-refractivity contribution in [3.63, 3.8) is 0 Å². The second-order valence-electron chi connectivity index (χ2n) is 6.94. The van der Waals surface area contributed by atoms with E-state index in [4.69, 9.17) is 4.98 Å². The van der Waals surface area contributed by atoms with E-state index in [0.29, 0.717) is 0 Å². The molecule has 1 N–H and O–H groups in total. The van der Waals surface area contributed by atoms with E-state index in [-0.39, 0.29) is 12.4 Å². The van der Waals surface area contributed by atoms with Crippen molar-refractivity contribution in [2.45, 2.75) is 33.1 Å². The highest BCUT2D eigenvalue weighted by molar-refractivity contribution is 5.91. The van der Waals surface area contributed by atoms with Gasteiger partial charge in [0, 0.05) is 18.8 Å². The molecule has 3 heterocycles. The third-order valence-electron chi connectivity index (χ3n) is 4.91. The first-order chi connectivity index (χ1) is 12.1. The quantitative estimate of drug-likeness (QED) is 0.675. The Balaban J connectivity index is 0.00000196. The van der Waals surface area contributed by atoms with Gasteiger partial charge in [0.1, 0.15) is 11.3 Å². The van der Waals surface area contributed by atoms with E-state index in [0.717, 1.165) is 52.6 Å². The molecule has 4 rings (SSSR count). The Labute approximate surface area is 160 Å². The average molecular weight is 369 g/mol. The van der Waals surface area contributed by atoms with Gasteiger partial charge in [-0.1, -0.05) is 36.4 Å². The maximum Gasteiger partial charge on any atom is 0.156 e. The molecular formula is C21H25ClN4. The van der Waals surface area contributed by atoms with Crippen LogP contribution in [0.2, 0.25) is 0 Å². The Hall–Kier alpha value is -2.33. The van der Waals surface area contributed by atoms with Crippen LogP contribution in [-0.4, -0.2) is 28.0 Å². The molecule has 2 aromatic heterocycles. The van der Waals surface area contributed by atoms with Crippen molar-refractivity contribution in [2.24, 2.45) is 0 Å². The van der Waals surface area contributed by atoms with Gasteiger partial charge in [0.25, 0.3) is 0 Å². The average Bonchev–Trinajstić information content (AvgIpc) is 3.05. The third kappa shape index (κ3) is 3.47. The lowest BCUT2D eigenvalue weighted by atomic mass is 10.1. The van der Waals surface area contributed by atoms with Gasteiger partial charge in [-0.25, -0.2) is 9.97 Å². The summed E-state index contributed by atoms with van der Waals surface area (Å²) in [6, 6.07) is 10.6. The molecule has 0 aliphatic carbocycles. The minimum atomic E-state index is 0. The number of anilines is 1. The Morgan fingerprint density at radius 1 is 1.08 bits per heavy atom. The molecule has 1 aliphatic heterocycles. The lowest BCUT2D eigenvalue weighted by molar-refractivity contribution is 0.574. The maximum atomic E-state index is 4.74. The van der Waals surface area contributed by atoms with Gasteiger partial charge in [-0.3, -0.25) is 0 Å². The second kappa shape index (κ2) is 7.50. The SMILES string of the molecule is C=C(C)c1ccc(-c2cc3nc(C)nc(N4CCCCC4)c3[nH]2)cc1.Cl. The number of aromatic nitrogens is 3. The first-order valence-corrected chi connectivity index (χ1v) is 9.00. The number of H-pyrrole nitrogens is 1. The van der Waals surface area contributed by atoms with Crippen LogP contribution in [0.3, 0.4) is 0 Å². The molecule has 0 spiro atoms. The summed E-state index contributed by atoms with van der Waals surface area (Å²) >= 11 is 0. The Morgan fingerprint density at radius 2 is 1.77 bits per heavy atom. The second-order valence-corrected chi connectivity index (χ2v) is 6.94. The molecule has 0 radical (unpaired) electrons. The fourth-order valence-corrected chi connectivity index (χ4v) is 3.54. The highest BCUT2D eigenvalue weighted by Crippen LogP contribution is 2.30. The predicted octanol–water partition coefficient (Wildman–Crippen LogP) is 5.38. The molecule has 3 aromatic rings. The number of nitrogens with one attached hydrogen (secondary N) is 1. The monoisotopic (exact) mass is 368 g/mol. The van der Waals surface area contributed by atoms with Crippen molar-refractivity contribution in [1.82, 2.24) is 15.0 Å². The molecule has 0 unspecified atom stereocenters. The van der Waals surface area contributed by atoms with Gasteiger partial charge in [0.2, 0.25) is 0 Å². The summed E-state index contributed by atoms with van der Waals surface area (Å²) in [5.41, 5.74) is 6.53. The standard InChI is InChI=1S/C21H24N4.ClH/c1-14(2)16-7-9-17(10-8-16)18-13-19-20(24-18)21(23-15(3)22-19)25-11-5-4-6-12-25;/h7-10,13,24H,1,4-6,11-12H2,2-3H3;1H. The Bertz CT molecular complexity index is 921. The summed E-state index contributed by atoms with van der Waals surface area (Å²) in [6.07, 6.45) is 3.79. The lowest BCUT2D eigenvalue weighted by Crippen LogP contribution is -2.30. The number of halogens is 1. The number of aromatic amines is 1. The van der Waals surface area contributed by atoms with E-state index in [1.807, 2.05) is 13.8 Å². The van der Waals surface area contributed by atoms with Crippen molar-refractivity contribution in [3.05, 3.63) is 48.3 Å². The van der Waals surface area contributed by atoms with Crippen molar-refractivity contribution >= 4 is 34.8 Å². The summed E-state index contributed by atoms with van der Waals surface area (Å²) in [6.45, 7) is 10.2. The van der Waals surface area contributed by atoms with E-state index in [1.54, 1.807) is 0 Å². The normalized spacial score (nSPS) is 14.3. The maximum absolute atomic E-state index is 4.74. The van der Waals surface area contributed by atoms with Gasteiger partial charge in [0.15, 0.2) is 5.82 Å². The predicted molar refractivity (Wildman–Crippen MR) is 112 cm³/mol. The van der Waals surface area contributed by atoms with E-state index in [2.05, 4.69) is 51.8 Å². The van der Waals surface area contributed by atoms with Crippen LogP contribution in [0, 0.1) is 6.92 Å². The van der Waals surface area contributed by atoms with Gasteiger partial charge in [-0.2, -0.15) is 0 Å². The van der Waals surface area contributed by atoms with Crippen LogP contribution in [0.5, 0.6) is 0 Å². The molecule has 0 atom stereocenters. The first kappa shape index (κ1) is 18.5. The van der Waals surface area contributed by atoms with Gasteiger partial charge in [-0.05, 0) is 50.3 Å². The number of benzene rings is 1. The molecule has 0 saturated carbocycles. The van der Waals surface area contributed by atoms with Gasteiger partial charge >= 0.3 is 0 Å². The summed E-state index contributed by atoms with van der Waals surface area (Å²) in [5.74, 6) is 1.88. The van der Waals surface area contributed by atoms with Crippen LogP contribution in [0.15, 0.2) is 36.9 Å². The molecule has 136 valence electrons. The van der Waals surface area contributed by atoms with Gasteiger partial charge < -0.3 is 9.88 Å². The number of hydrogen-bond acceptors (Lipinski definition) is 3. The highest BCUT2D eigenvalue weighted by Gasteiger charge is 2.18. The summed E-state index contributed by atoms with van der Waals surface area (Å²) in [4.78, 5) is 15.3. The van der Waals surface area contributed by atoms with Gasteiger partial charge in [-0.15, -0.1) is 12.4 Å². The smallest absolute Gasteiger partial charge is 0.156 e. The zero-order valence-electron chi connectivity index (χ0n) is 15.4. The fraction of sp³-hybridized carbons (Fsp3) is 0.333. The van der Waals surface area contributed by atoms with Crippen LogP contribution in [0.1, 0.15) is 37.6 Å². The van der Waals surface area contributed by atoms with E-state index in [1.165, 1.54) is 24.8 Å². The number of nitrogens with zero attached hydrogens (tertiary/aromatic N) is 3. The zero-order valence-corrected chi connectivity index (χ0v) is 16.2. The van der Waals surface area contributed by atoms with E-state index >= 15 is 0 Å². The number of rotatable bonds is 3. The summed E-state index contributed by atoms with van der Waals surface area (Å²) in [5, 5.41) is 0. The molecule has 1 aliphatic rings. The van der Waals surface area contributed by atoms with Crippen LogP contribution in [0.4, 0.5) is 5.82 Å². The van der Waals surface area contributed by atoms with Crippen molar-refractivity contribution in [2.75, 3.05) is 18.0 Å². The molecular weight excluding hydrogens is 344 g/mol. The largest absolute Gasteiger partial charge is 0.355 e. The summed E-state index contributed by atoms with van der Waals surface area (Å²) in [7, 11) is 0. The summed E-state index contributed by atoms with van der Waals surface area (Å²) < 4.78 is 0. The van der Waals surface area contributed by atoms with E-state index in [9.17, 15) is 0 Å². The molecule has 4 nitrogen and oxygen atoms in total. The van der Waals surface area contributed by atoms with Gasteiger partial charge in [0.05, 0.1) is 5.52 Å².